The lowest BCUT2D eigenvalue weighted by molar-refractivity contribution is 0.0295. The van der Waals surface area contributed by atoms with Crippen LogP contribution >= 0.6 is 0 Å². The molecule has 0 radical (unpaired) electrons. The first kappa shape index (κ1) is 12.3. The van der Waals surface area contributed by atoms with E-state index >= 15 is 0 Å². The minimum absolute atomic E-state index is 0.483. The van der Waals surface area contributed by atoms with Gasteiger partial charge in [0, 0.05) is 0 Å². The van der Waals surface area contributed by atoms with Gasteiger partial charge in [-0.15, -0.1) is 0 Å². The number of alkyl halides is 2. The van der Waals surface area contributed by atoms with E-state index in [1.807, 2.05) is 0 Å². The number of methoxy groups -OCH3 is 1. The van der Waals surface area contributed by atoms with Crippen molar-refractivity contribution in [1.82, 2.24) is 5.32 Å². The fourth-order valence-corrected chi connectivity index (χ4v) is 2.43. The Balaban J connectivity index is 2.31. The van der Waals surface area contributed by atoms with Crippen molar-refractivity contribution in [3.63, 3.8) is 0 Å². The lowest BCUT2D eigenvalue weighted by Crippen LogP contribution is -2.44. The summed E-state index contributed by atoms with van der Waals surface area (Å²) in [5, 5.41) is 3.13. The molecular formula is C13H17F2NO. The Labute approximate surface area is 100.0 Å². The van der Waals surface area contributed by atoms with E-state index in [1.54, 1.807) is 31.4 Å². The Hall–Kier alpha value is -1.16. The lowest BCUT2D eigenvalue weighted by atomic mass is 9.73. The van der Waals surface area contributed by atoms with Crippen LogP contribution in [0.2, 0.25) is 0 Å². The number of halogens is 2. The number of hydrogen-bond acceptors (Lipinski definition) is 2. The zero-order valence-electron chi connectivity index (χ0n) is 9.88. The van der Waals surface area contributed by atoms with Gasteiger partial charge in [-0.25, -0.2) is 8.78 Å². The minimum atomic E-state index is -2.32. The van der Waals surface area contributed by atoms with Crippen LogP contribution in [0, 0.1) is 0 Å². The highest BCUT2D eigenvalue weighted by Gasteiger charge is 2.42. The average Bonchev–Trinajstić information content (AvgIpc) is 2.39. The highest BCUT2D eigenvalue weighted by atomic mass is 19.3. The third-order valence-electron chi connectivity index (χ3n) is 3.58. The van der Waals surface area contributed by atoms with Crippen molar-refractivity contribution in [2.45, 2.75) is 24.7 Å². The Morgan fingerprint density at radius 3 is 2.24 bits per heavy atom. The highest BCUT2D eigenvalue weighted by molar-refractivity contribution is 5.33. The second kappa shape index (κ2) is 5.00. The van der Waals surface area contributed by atoms with Crippen molar-refractivity contribution < 1.29 is 13.5 Å². The molecule has 2 rings (SSSR count). The van der Waals surface area contributed by atoms with Gasteiger partial charge in [0.2, 0.25) is 6.43 Å². The van der Waals surface area contributed by atoms with Gasteiger partial charge >= 0.3 is 0 Å². The van der Waals surface area contributed by atoms with E-state index in [1.165, 1.54) is 0 Å². The van der Waals surface area contributed by atoms with Gasteiger partial charge in [-0.2, -0.15) is 0 Å². The van der Waals surface area contributed by atoms with Crippen LogP contribution in [0.1, 0.15) is 18.4 Å². The maximum absolute atomic E-state index is 13.4. The van der Waals surface area contributed by atoms with Gasteiger partial charge in [0.15, 0.2) is 0 Å². The number of benzene rings is 1. The highest BCUT2D eigenvalue weighted by Crippen LogP contribution is 2.39. The van der Waals surface area contributed by atoms with Gasteiger partial charge < -0.3 is 10.1 Å². The maximum Gasteiger partial charge on any atom is 0.248 e. The van der Waals surface area contributed by atoms with E-state index < -0.39 is 11.8 Å². The fraction of sp³-hybridized carbons (Fsp3) is 0.538. The number of rotatable bonds is 3. The van der Waals surface area contributed by atoms with E-state index in [0.29, 0.717) is 31.7 Å². The Morgan fingerprint density at radius 1 is 1.18 bits per heavy atom. The molecule has 1 saturated heterocycles. The lowest BCUT2D eigenvalue weighted by Gasteiger charge is -2.37. The van der Waals surface area contributed by atoms with Crippen molar-refractivity contribution in [3.05, 3.63) is 29.8 Å². The van der Waals surface area contributed by atoms with Crippen molar-refractivity contribution >= 4 is 0 Å². The molecule has 0 aromatic heterocycles. The molecule has 1 aliphatic heterocycles. The first-order valence-corrected chi connectivity index (χ1v) is 5.82. The van der Waals surface area contributed by atoms with E-state index in [2.05, 4.69) is 5.32 Å². The predicted molar refractivity (Wildman–Crippen MR) is 62.8 cm³/mol. The number of nitrogens with one attached hydrogen (secondary N) is 1. The molecule has 1 aliphatic rings. The molecule has 1 aromatic carbocycles. The molecule has 17 heavy (non-hydrogen) atoms. The van der Waals surface area contributed by atoms with Crippen LogP contribution in [-0.4, -0.2) is 26.6 Å². The molecule has 1 aromatic rings. The zero-order chi connectivity index (χ0) is 12.3. The Morgan fingerprint density at radius 2 is 1.76 bits per heavy atom. The molecule has 1 N–H and O–H groups in total. The minimum Gasteiger partial charge on any atom is -0.497 e. The molecule has 0 unspecified atom stereocenters. The van der Waals surface area contributed by atoms with Crippen LogP contribution in [0.4, 0.5) is 8.78 Å². The fourth-order valence-electron chi connectivity index (χ4n) is 2.43. The second-order valence-corrected chi connectivity index (χ2v) is 4.44. The number of ether oxygens (including phenoxy) is 1. The summed E-state index contributed by atoms with van der Waals surface area (Å²) in [5.41, 5.74) is -0.271. The van der Waals surface area contributed by atoms with E-state index in [9.17, 15) is 8.78 Å². The molecule has 0 saturated carbocycles. The number of piperidine rings is 1. The van der Waals surface area contributed by atoms with Crippen LogP contribution in [0.15, 0.2) is 24.3 Å². The molecule has 0 atom stereocenters. The second-order valence-electron chi connectivity index (χ2n) is 4.44. The van der Waals surface area contributed by atoms with Gasteiger partial charge in [-0.3, -0.25) is 0 Å². The molecule has 1 heterocycles. The van der Waals surface area contributed by atoms with Gasteiger partial charge in [-0.05, 0) is 43.6 Å². The summed E-state index contributed by atoms with van der Waals surface area (Å²) >= 11 is 0. The Bertz CT molecular complexity index is 358. The molecule has 2 nitrogen and oxygen atoms in total. The zero-order valence-corrected chi connectivity index (χ0v) is 9.88. The average molecular weight is 241 g/mol. The molecular weight excluding hydrogens is 224 g/mol. The molecule has 0 aliphatic carbocycles. The van der Waals surface area contributed by atoms with Crippen molar-refractivity contribution in [1.29, 1.82) is 0 Å². The standard InChI is InChI=1S/C13H17F2NO/c1-17-11-4-2-10(3-5-11)13(12(14)15)6-8-16-9-7-13/h2-5,12,16H,6-9H2,1H3. The molecule has 94 valence electrons. The van der Waals surface area contributed by atoms with Crippen molar-refractivity contribution in [2.24, 2.45) is 0 Å². The predicted octanol–water partition coefficient (Wildman–Crippen LogP) is 2.58. The van der Waals surface area contributed by atoms with E-state index in [4.69, 9.17) is 4.74 Å². The van der Waals surface area contributed by atoms with Crippen LogP contribution in [-0.2, 0) is 5.41 Å². The molecule has 4 heteroatoms. The first-order chi connectivity index (χ1) is 8.19. The van der Waals surface area contributed by atoms with Crippen LogP contribution in [0.5, 0.6) is 5.75 Å². The summed E-state index contributed by atoms with van der Waals surface area (Å²) in [6.07, 6.45) is -1.36. The maximum atomic E-state index is 13.4. The molecule has 0 bridgehead atoms. The molecule has 0 amide bonds. The largest absolute Gasteiger partial charge is 0.497 e. The monoisotopic (exact) mass is 241 g/mol. The summed E-state index contributed by atoms with van der Waals surface area (Å²) in [6.45, 7) is 1.30. The SMILES string of the molecule is COc1ccc(C2(C(F)F)CCNCC2)cc1. The summed E-state index contributed by atoms with van der Waals surface area (Å²) in [6, 6.07) is 7.02. The van der Waals surface area contributed by atoms with Gasteiger partial charge in [0.25, 0.3) is 0 Å². The summed E-state index contributed by atoms with van der Waals surface area (Å²) in [5.74, 6) is 0.701. The van der Waals surface area contributed by atoms with Gasteiger partial charge in [-0.1, -0.05) is 12.1 Å². The third kappa shape index (κ3) is 2.27. The molecule has 1 fully saturated rings. The number of hydrogen-bond donors (Lipinski definition) is 1. The normalized spacial score (nSPS) is 19.3. The quantitative estimate of drug-likeness (QED) is 0.878. The van der Waals surface area contributed by atoms with Crippen LogP contribution < -0.4 is 10.1 Å². The van der Waals surface area contributed by atoms with Crippen LogP contribution in [0.25, 0.3) is 0 Å². The molecule has 0 spiro atoms. The summed E-state index contributed by atoms with van der Waals surface area (Å²) in [7, 11) is 1.57. The van der Waals surface area contributed by atoms with Crippen molar-refractivity contribution in [2.75, 3.05) is 20.2 Å². The van der Waals surface area contributed by atoms with Crippen LogP contribution in [0.3, 0.4) is 0 Å². The Kier molecular flexibility index (Phi) is 3.62. The summed E-state index contributed by atoms with van der Waals surface area (Å²) in [4.78, 5) is 0. The van der Waals surface area contributed by atoms with Crippen molar-refractivity contribution in [3.8, 4) is 5.75 Å². The topological polar surface area (TPSA) is 21.3 Å². The van der Waals surface area contributed by atoms with Gasteiger partial charge in [0.1, 0.15) is 5.75 Å². The summed E-state index contributed by atoms with van der Waals surface area (Å²) < 4.78 is 31.8. The van der Waals surface area contributed by atoms with E-state index in [0.717, 1.165) is 5.56 Å². The van der Waals surface area contributed by atoms with Gasteiger partial charge in [0.05, 0.1) is 12.5 Å². The third-order valence-corrected chi connectivity index (χ3v) is 3.58. The smallest absolute Gasteiger partial charge is 0.248 e. The van der Waals surface area contributed by atoms with E-state index in [-0.39, 0.29) is 0 Å². The first-order valence-electron chi connectivity index (χ1n) is 5.82.